The highest BCUT2D eigenvalue weighted by molar-refractivity contribution is 7.99. The maximum Gasteiger partial charge on any atom is 0.322 e. The second-order valence-electron chi connectivity index (χ2n) is 6.80. The number of furan rings is 1. The lowest BCUT2D eigenvalue weighted by atomic mass is 10.2. The van der Waals surface area contributed by atoms with Gasteiger partial charge in [-0.05, 0) is 55.0 Å². The number of imide groups is 1. The van der Waals surface area contributed by atoms with E-state index >= 15 is 0 Å². The van der Waals surface area contributed by atoms with E-state index in [1.165, 1.54) is 23.6 Å². The van der Waals surface area contributed by atoms with Crippen molar-refractivity contribution in [3.63, 3.8) is 0 Å². The number of pyridine rings is 1. The number of hydrogen-bond acceptors (Lipinski definition) is 6. The van der Waals surface area contributed by atoms with Crippen LogP contribution in [-0.4, -0.2) is 24.0 Å². The quantitative estimate of drug-likeness (QED) is 0.606. The van der Waals surface area contributed by atoms with E-state index in [4.69, 9.17) is 4.42 Å². The van der Waals surface area contributed by atoms with E-state index in [0.29, 0.717) is 5.76 Å². The third-order valence-corrected chi connectivity index (χ3v) is 5.64. The highest BCUT2D eigenvalue weighted by Gasteiger charge is 2.35. The summed E-state index contributed by atoms with van der Waals surface area (Å²) in [6.45, 7) is 2.78. The van der Waals surface area contributed by atoms with Gasteiger partial charge in [-0.15, -0.1) is 0 Å². The summed E-state index contributed by atoms with van der Waals surface area (Å²) in [5, 5.41) is 4.79. The van der Waals surface area contributed by atoms with Gasteiger partial charge in [-0.2, -0.15) is 0 Å². The Labute approximate surface area is 172 Å². The number of nitrogens with one attached hydrogen (secondary N) is 2. The normalized spacial score (nSPS) is 15.9. The maximum atomic E-state index is 11.9. The van der Waals surface area contributed by atoms with E-state index in [1.807, 2.05) is 38.4 Å². The minimum Gasteiger partial charge on any atom is -0.465 e. The number of aryl methyl sites for hydroxylation is 1. The summed E-state index contributed by atoms with van der Waals surface area (Å²) >= 11 is 1.49. The molecule has 1 aliphatic rings. The van der Waals surface area contributed by atoms with Gasteiger partial charge in [0.05, 0.1) is 11.2 Å². The summed E-state index contributed by atoms with van der Waals surface area (Å²) in [6.07, 6.45) is 3.35. The van der Waals surface area contributed by atoms with Crippen LogP contribution in [0.4, 0.5) is 10.5 Å². The summed E-state index contributed by atoms with van der Waals surface area (Å²) in [6, 6.07) is 12.8. The summed E-state index contributed by atoms with van der Waals surface area (Å²) in [7, 11) is 2.05. The zero-order valence-electron chi connectivity index (χ0n) is 16.0. The number of aromatic nitrogens is 1. The largest absolute Gasteiger partial charge is 0.465 e. The number of carbonyl (C=O) groups is 2. The van der Waals surface area contributed by atoms with Gasteiger partial charge in [0, 0.05) is 36.1 Å². The molecular weight excluding hydrogens is 388 g/mol. The van der Waals surface area contributed by atoms with Gasteiger partial charge >= 0.3 is 6.03 Å². The number of benzene rings is 1. The van der Waals surface area contributed by atoms with Gasteiger partial charge in [0.15, 0.2) is 6.04 Å². The molecule has 3 aromatic rings. The number of carbonyl (C=O) groups excluding carboxylic acids is 2. The molecule has 29 heavy (non-hydrogen) atoms. The van der Waals surface area contributed by atoms with Crippen LogP contribution in [-0.2, 0) is 11.3 Å². The molecule has 3 heterocycles. The number of nitrogens with zero attached hydrogens (tertiary/aromatic N) is 2. The topological polar surface area (TPSA) is 87.5 Å². The molecule has 1 saturated heterocycles. The average Bonchev–Trinajstić information content (AvgIpc) is 3.27. The Kier molecular flexibility index (Phi) is 5.26. The van der Waals surface area contributed by atoms with Crippen LogP contribution >= 0.6 is 11.8 Å². The number of urea groups is 1. The fourth-order valence-electron chi connectivity index (χ4n) is 3.17. The first-order valence-corrected chi connectivity index (χ1v) is 9.90. The second kappa shape index (κ2) is 8.00. The molecule has 1 fully saturated rings. The van der Waals surface area contributed by atoms with Gasteiger partial charge in [-0.25, -0.2) is 4.79 Å². The first-order chi connectivity index (χ1) is 14.0. The molecule has 1 unspecified atom stereocenters. The minimum absolute atomic E-state index is 0.407. The summed E-state index contributed by atoms with van der Waals surface area (Å²) < 4.78 is 5.47. The van der Waals surface area contributed by atoms with Crippen LogP contribution in [0.1, 0.15) is 23.1 Å². The minimum atomic E-state index is -0.797. The standard InChI is InChI=1S/C21H20N4O3S/c1-13-11-14(7-9-22-13)12-25(2)15-3-5-16(6-4-15)29-17-8-10-28-19(17)18-20(26)24-21(27)23-18/h3-11,18H,12H2,1-2H3,(H2,23,24,26,27). The number of anilines is 1. The zero-order chi connectivity index (χ0) is 20.4. The molecule has 8 heteroatoms. The third-order valence-electron chi connectivity index (χ3n) is 4.58. The van der Waals surface area contributed by atoms with E-state index in [2.05, 4.69) is 38.7 Å². The zero-order valence-corrected chi connectivity index (χ0v) is 16.8. The van der Waals surface area contributed by atoms with Crippen LogP contribution in [0.2, 0.25) is 0 Å². The van der Waals surface area contributed by atoms with Gasteiger partial charge < -0.3 is 14.6 Å². The van der Waals surface area contributed by atoms with Crippen molar-refractivity contribution >= 4 is 29.4 Å². The molecular formula is C21H20N4O3S. The Hall–Kier alpha value is -3.26. The van der Waals surface area contributed by atoms with E-state index < -0.39 is 18.0 Å². The lowest BCUT2D eigenvalue weighted by Gasteiger charge is -2.20. The van der Waals surface area contributed by atoms with Gasteiger partial charge in [0.2, 0.25) is 0 Å². The van der Waals surface area contributed by atoms with Crippen molar-refractivity contribution in [2.45, 2.75) is 29.3 Å². The lowest BCUT2D eigenvalue weighted by Crippen LogP contribution is -2.22. The Morgan fingerprint density at radius 3 is 2.66 bits per heavy atom. The van der Waals surface area contributed by atoms with Gasteiger partial charge in [-0.3, -0.25) is 15.1 Å². The van der Waals surface area contributed by atoms with Crippen LogP contribution in [0.15, 0.2) is 69.1 Å². The van der Waals surface area contributed by atoms with E-state index in [1.54, 1.807) is 6.07 Å². The molecule has 7 nitrogen and oxygen atoms in total. The van der Waals surface area contributed by atoms with Crippen molar-refractivity contribution in [3.8, 4) is 0 Å². The third kappa shape index (κ3) is 4.27. The van der Waals surface area contributed by atoms with Gasteiger partial charge in [-0.1, -0.05) is 11.8 Å². The predicted molar refractivity (Wildman–Crippen MR) is 110 cm³/mol. The molecule has 1 aromatic carbocycles. The predicted octanol–water partition coefficient (Wildman–Crippen LogP) is 3.65. The molecule has 1 aliphatic heterocycles. The van der Waals surface area contributed by atoms with E-state index in [0.717, 1.165) is 27.7 Å². The molecule has 1 atom stereocenters. The van der Waals surface area contributed by atoms with Crippen molar-refractivity contribution in [2.24, 2.45) is 0 Å². The number of amides is 3. The molecule has 148 valence electrons. The Morgan fingerprint density at radius 1 is 1.17 bits per heavy atom. The number of rotatable bonds is 6. The highest BCUT2D eigenvalue weighted by Crippen LogP contribution is 2.35. The van der Waals surface area contributed by atoms with Crippen molar-refractivity contribution in [3.05, 3.63) is 71.9 Å². The lowest BCUT2D eigenvalue weighted by molar-refractivity contribution is -0.120. The Morgan fingerprint density at radius 2 is 1.97 bits per heavy atom. The fraction of sp³-hybridized carbons (Fsp3) is 0.190. The second-order valence-corrected chi connectivity index (χ2v) is 7.92. The summed E-state index contributed by atoms with van der Waals surface area (Å²) in [5.41, 5.74) is 3.31. The Balaban J connectivity index is 1.45. The first kappa shape index (κ1) is 19.1. The summed E-state index contributed by atoms with van der Waals surface area (Å²) in [4.78, 5) is 31.5. The first-order valence-electron chi connectivity index (χ1n) is 9.09. The highest BCUT2D eigenvalue weighted by atomic mass is 32.2. The fourth-order valence-corrected chi connectivity index (χ4v) is 4.08. The van der Waals surface area contributed by atoms with Crippen molar-refractivity contribution in [1.82, 2.24) is 15.6 Å². The smallest absolute Gasteiger partial charge is 0.322 e. The number of hydrogen-bond donors (Lipinski definition) is 2. The van der Waals surface area contributed by atoms with Crippen LogP contribution < -0.4 is 15.5 Å². The van der Waals surface area contributed by atoms with Crippen molar-refractivity contribution in [1.29, 1.82) is 0 Å². The molecule has 0 spiro atoms. The van der Waals surface area contributed by atoms with Crippen LogP contribution in [0.5, 0.6) is 0 Å². The molecule has 3 amide bonds. The molecule has 4 rings (SSSR count). The molecule has 0 saturated carbocycles. The Bertz CT molecular complexity index is 1050. The van der Waals surface area contributed by atoms with Crippen LogP contribution in [0.3, 0.4) is 0 Å². The summed E-state index contributed by atoms with van der Waals surface area (Å²) in [5.74, 6) is 0.0303. The van der Waals surface area contributed by atoms with E-state index in [9.17, 15) is 9.59 Å². The molecule has 2 aromatic heterocycles. The monoisotopic (exact) mass is 408 g/mol. The van der Waals surface area contributed by atoms with E-state index in [-0.39, 0.29) is 0 Å². The molecule has 2 N–H and O–H groups in total. The average molecular weight is 408 g/mol. The van der Waals surface area contributed by atoms with Gasteiger partial charge in [0.25, 0.3) is 5.91 Å². The van der Waals surface area contributed by atoms with Crippen molar-refractivity contribution < 1.29 is 14.0 Å². The SMILES string of the molecule is Cc1cc(CN(C)c2ccc(Sc3ccoc3C3NC(=O)NC3=O)cc2)ccn1. The van der Waals surface area contributed by atoms with Crippen molar-refractivity contribution in [2.75, 3.05) is 11.9 Å². The van der Waals surface area contributed by atoms with Crippen LogP contribution in [0, 0.1) is 6.92 Å². The van der Waals surface area contributed by atoms with Crippen LogP contribution in [0.25, 0.3) is 0 Å². The molecule has 0 bridgehead atoms. The molecule has 0 radical (unpaired) electrons. The van der Waals surface area contributed by atoms with Gasteiger partial charge in [0.1, 0.15) is 5.76 Å². The maximum absolute atomic E-state index is 11.9. The molecule has 0 aliphatic carbocycles.